The lowest BCUT2D eigenvalue weighted by atomic mass is 10.1. The standard InChI is InChI=1S/C9H8F2N2O/c10-9(11)5-13(6-9)8-3-12-2-1-7(8)4-14/h1-4H,5-6H2. The molecule has 1 aliphatic heterocycles. The molecule has 0 aromatic carbocycles. The number of anilines is 1. The summed E-state index contributed by atoms with van der Waals surface area (Å²) in [6, 6.07) is 1.51. The molecule has 1 aromatic rings. The van der Waals surface area contributed by atoms with Crippen molar-refractivity contribution in [3.05, 3.63) is 24.0 Å². The van der Waals surface area contributed by atoms with E-state index >= 15 is 0 Å². The summed E-state index contributed by atoms with van der Waals surface area (Å²) in [5, 5.41) is 0. The van der Waals surface area contributed by atoms with E-state index in [1.807, 2.05) is 0 Å². The van der Waals surface area contributed by atoms with Crippen molar-refractivity contribution in [2.75, 3.05) is 18.0 Å². The average molecular weight is 198 g/mol. The van der Waals surface area contributed by atoms with Crippen LogP contribution in [0.4, 0.5) is 14.5 Å². The predicted molar refractivity (Wildman–Crippen MR) is 46.8 cm³/mol. The van der Waals surface area contributed by atoms with Gasteiger partial charge < -0.3 is 4.90 Å². The van der Waals surface area contributed by atoms with Gasteiger partial charge in [-0.2, -0.15) is 0 Å². The number of aldehydes is 1. The molecule has 0 unspecified atom stereocenters. The Bertz CT molecular complexity index is 360. The third-order valence-corrected chi connectivity index (χ3v) is 2.14. The highest BCUT2D eigenvalue weighted by Gasteiger charge is 2.44. The van der Waals surface area contributed by atoms with Crippen LogP contribution in [0.3, 0.4) is 0 Å². The zero-order valence-electron chi connectivity index (χ0n) is 7.28. The van der Waals surface area contributed by atoms with Crippen molar-refractivity contribution < 1.29 is 13.6 Å². The van der Waals surface area contributed by atoms with Crippen LogP contribution < -0.4 is 4.90 Å². The number of pyridine rings is 1. The molecule has 1 aromatic heterocycles. The Balaban J connectivity index is 2.22. The van der Waals surface area contributed by atoms with Gasteiger partial charge in [-0.1, -0.05) is 0 Å². The van der Waals surface area contributed by atoms with Gasteiger partial charge in [-0.15, -0.1) is 0 Å². The van der Waals surface area contributed by atoms with Crippen LogP contribution in [0.2, 0.25) is 0 Å². The molecule has 74 valence electrons. The first-order valence-corrected chi connectivity index (χ1v) is 4.14. The van der Waals surface area contributed by atoms with Gasteiger partial charge in [0.15, 0.2) is 6.29 Å². The molecule has 3 nitrogen and oxygen atoms in total. The number of carbonyl (C=O) groups is 1. The van der Waals surface area contributed by atoms with E-state index < -0.39 is 5.92 Å². The molecule has 1 saturated heterocycles. The number of carbonyl (C=O) groups excluding carboxylic acids is 1. The van der Waals surface area contributed by atoms with Gasteiger partial charge in [0.05, 0.1) is 25.0 Å². The van der Waals surface area contributed by atoms with Gasteiger partial charge >= 0.3 is 0 Å². The molecule has 1 aliphatic rings. The van der Waals surface area contributed by atoms with Crippen LogP contribution in [0.5, 0.6) is 0 Å². The molecule has 5 heteroatoms. The smallest absolute Gasteiger partial charge is 0.282 e. The third-order valence-electron chi connectivity index (χ3n) is 2.14. The summed E-state index contributed by atoms with van der Waals surface area (Å²) in [6.45, 7) is -0.668. The number of hydrogen-bond acceptors (Lipinski definition) is 3. The summed E-state index contributed by atoms with van der Waals surface area (Å²) >= 11 is 0. The Morgan fingerprint density at radius 1 is 1.50 bits per heavy atom. The van der Waals surface area contributed by atoms with E-state index in [0.717, 1.165) is 0 Å². The van der Waals surface area contributed by atoms with Crippen molar-refractivity contribution >= 4 is 12.0 Å². The first kappa shape index (κ1) is 9.05. The van der Waals surface area contributed by atoms with E-state index in [2.05, 4.69) is 4.98 Å². The van der Waals surface area contributed by atoms with Crippen LogP contribution in [0, 0.1) is 0 Å². The predicted octanol–water partition coefficient (Wildman–Crippen LogP) is 1.35. The van der Waals surface area contributed by atoms with Crippen molar-refractivity contribution in [1.29, 1.82) is 0 Å². The van der Waals surface area contributed by atoms with Crippen molar-refractivity contribution in [3.63, 3.8) is 0 Å². The minimum atomic E-state index is -2.63. The van der Waals surface area contributed by atoms with E-state index in [1.54, 1.807) is 0 Å². The third kappa shape index (κ3) is 1.45. The van der Waals surface area contributed by atoms with Gasteiger partial charge in [0.1, 0.15) is 0 Å². The molecule has 2 heterocycles. The lowest BCUT2D eigenvalue weighted by Crippen LogP contribution is -2.56. The molecule has 0 N–H and O–H groups in total. The quantitative estimate of drug-likeness (QED) is 0.672. The fourth-order valence-corrected chi connectivity index (χ4v) is 1.44. The monoisotopic (exact) mass is 198 g/mol. The molecule has 0 aliphatic carbocycles. The molecule has 0 radical (unpaired) electrons. The molecule has 2 rings (SSSR count). The number of nitrogens with zero attached hydrogens (tertiary/aromatic N) is 2. The maximum absolute atomic E-state index is 12.6. The van der Waals surface area contributed by atoms with E-state index in [9.17, 15) is 13.6 Å². The normalized spacial score (nSPS) is 18.9. The van der Waals surface area contributed by atoms with E-state index in [1.165, 1.54) is 23.4 Å². The fraction of sp³-hybridized carbons (Fsp3) is 0.333. The Kier molecular flexibility index (Phi) is 1.94. The SMILES string of the molecule is O=Cc1ccncc1N1CC(F)(F)C1. The zero-order chi connectivity index (χ0) is 10.2. The van der Waals surface area contributed by atoms with Gasteiger partial charge in [0, 0.05) is 11.8 Å². The molecule has 0 spiro atoms. The zero-order valence-corrected chi connectivity index (χ0v) is 7.28. The van der Waals surface area contributed by atoms with E-state index in [-0.39, 0.29) is 13.1 Å². The maximum atomic E-state index is 12.6. The van der Waals surface area contributed by atoms with Crippen LogP contribution in [-0.4, -0.2) is 30.3 Å². The summed E-state index contributed by atoms with van der Waals surface area (Å²) in [5.74, 6) is -2.63. The second kappa shape index (κ2) is 3.01. The van der Waals surface area contributed by atoms with Crippen molar-refractivity contribution in [2.45, 2.75) is 5.92 Å². The largest absolute Gasteiger partial charge is 0.357 e. The number of halogens is 2. The van der Waals surface area contributed by atoms with Crippen LogP contribution in [-0.2, 0) is 0 Å². The number of hydrogen-bond donors (Lipinski definition) is 0. The van der Waals surface area contributed by atoms with E-state index in [4.69, 9.17) is 0 Å². The molecule has 0 amide bonds. The minimum absolute atomic E-state index is 0.334. The summed E-state index contributed by atoms with van der Waals surface area (Å²) in [7, 11) is 0. The molecule has 1 fully saturated rings. The molecule has 0 saturated carbocycles. The first-order chi connectivity index (χ1) is 6.62. The number of aromatic nitrogens is 1. The highest BCUT2D eigenvalue weighted by atomic mass is 19.3. The molecule has 0 bridgehead atoms. The summed E-state index contributed by atoms with van der Waals surface area (Å²) in [6.07, 6.45) is 3.54. The van der Waals surface area contributed by atoms with Gasteiger partial charge in [-0.05, 0) is 6.07 Å². The van der Waals surface area contributed by atoms with Crippen LogP contribution in [0.15, 0.2) is 18.5 Å². The summed E-state index contributed by atoms with van der Waals surface area (Å²) in [4.78, 5) is 15.8. The fourth-order valence-electron chi connectivity index (χ4n) is 1.44. The average Bonchev–Trinajstić information content (AvgIpc) is 2.14. The van der Waals surface area contributed by atoms with Crippen molar-refractivity contribution in [1.82, 2.24) is 4.98 Å². The Hall–Kier alpha value is -1.52. The van der Waals surface area contributed by atoms with E-state index in [0.29, 0.717) is 17.5 Å². The Morgan fingerprint density at radius 3 is 2.79 bits per heavy atom. The molecular weight excluding hydrogens is 190 g/mol. The lowest BCUT2D eigenvalue weighted by molar-refractivity contribution is -0.0263. The van der Waals surface area contributed by atoms with Crippen molar-refractivity contribution in [3.8, 4) is 0 Å². The second-order valence-electron chi connectivity index (χ2n) is 3.26. The van der Waals surface area contributed by atoms with Crippen LogP contribution >= 0.6 is 0 Å². The summed E-state index contributed by atoms with van der Waals surface area (Å²) < 4.78 is 25.1. The number of alkyl halides is 2. The highest BCUT2D eigenvalue weighted by Crippen LogP contribution is 2.32. The second-order valence-corrected chi connectivity index (χ2v) is 3.26. The Labute approximate surface area is 79.4 Å². The van der Waals surface area contributed by atoms with Gasteiger partial charge in [-0.3, -0.25) is 9.78 Å². The Morgan fingerprint density at radius 2 is 2.21 bits per heavy atom. The minimum Gasteiger partial charge on any atom is -0.357 e. The highest BCUT2D eigenvalue weighted by molar-refractivity contribution is 5.84. The lowest BCUT2D eigenvalue weighted by Gasteiger charge is -2.40. The maximum Gasteiger partial charge on any atom is 0.282 e. The molecule has 14 heavy (non-hydrogen) atoms. The van der Waals surface area contributed by atoms with Crippen molar-refractivity contribution in [2.24, 2.45) is 0 Å². The van der Waals surface area contributed by atoms with Gasteiger partial charge in [0.25, 0.3) is 5.92 Å². The molecule has 0 atom stereocenters. The van der Waals surface area contributed by atoms with Crippen LogP contribution in [0.1, 0.15) is 10.4 Å². The number of rotatable bonds is 2. The first-order valence-electron chi connectivity index (χ1n) is 4.14. The van der Waals surface area contributed by atoms with Crippen LogP contribution in [0.25, 0.3) is 0 Å². The van der Waals surface area contributed by atoms with Gasteiger partial charge in [0.2, 0.25) is 0 Å². The van der Waals surface area contributed by atoms with Gasteiger partial charge in [-0.25, -0.2) is 8.78 Å². The summed E-state index contributed by atoms with van der Waals surface area (Å²) in [5.41, 5.74) is 0.879. The topological polar surface area (TPSA) is 33.2 Å². The molecular formula is C9H8F2N2O.